The van der Waals surface area contributed by atoms with E-state index in [4.69, 9.17) is 4.74 Å². The molecule has 0 aliphatic carbocycles. The summed E-state index contributed by atoms with van der Waals surface area (Å²) >= 11 is 0. The van der Waals surface area contributed by atoms with Crippen LogP contribution in [0.2, 0.25) is 0 Å². The molecule has 3 aromatic carbocycles. The number of benzene rings is 3. The molecule has 0 saturated heterocycles. The monoisotopic (exact) mass is 619 g/mol. The number of sulfone groups is 1. The molecule has 0 spiro atoms. The molecule has 0 saturated carbocycles. The summed E-state index contributed by atoms with van der Waals surface area (Å²) in [6, 6.07) is 20.5. The van der Waals surface area contributed by atoms with Crippen LogP contribution in [0, 0.1) is 20.8 Å². The molecule has 1 aliphatic heterocycles. The van der Waals surface area contributed by atoms with Crippen molar-refractivity contribution in [1.82, 2.24) is 9.80 Å². The van der Waals surface area contributed by atoms with Crippen LogP contribution in [0.5, 0.6) is 5.75 Å². The van der Waals surface area contributed by atoms with Crippen LogP contribution in [-0.2, 0) is 26.0 Å². The van der Waals surface area contributed by atoms with Crippen molar-refractivity contribution in [3.63, 3.8) is 0 Å². The maximum atomic E-state index is 13.7. The van der Waals surface area contributed by atoms with E-state index in [1.54, 1.807) is 28.0 Å². The molecule has 2 amide bonds. The first-order valence-corrected chi connectivity index (χ1v) is 17.0. The summed E-state index contributed by atoms with van der Waals surface area (Å²) in [4.78, 5) is 33.5. The molecular weight excluding hydrogens is 574 g/mol. The molecule has 1 aliphatic rings. The minimum Gasteiger partial charge on any atom is -0.484 e. The number of carbonyl (C=O) groups is 2. The van der Waals surface area contributed by atoms with Crippen LogP contribution in [0.3, 0.4) is 0 Å². The summed E-state index contributed by atoms with van der Waals surface area (Å²) in [5.41, 5.74) is 4.49. The van der Waals surface area contributed by atoms with E-state index < -0.39 is 9.84 Å². The topological polar surface area (TPSA) is 87.2 Å². The number of rotatable bonds is 8. The Hall–Kier alpha value is -3.69. The quantitative estimate of drug-likeness (QED) is 0.339. The number of nitrogens with zero attached hydrogens (tertiary/aromatic N) is 3. The summed E-state index contributed by atoms with van der Waals surface area (Å²) in [6.45, 7) is 12.6. The molecule has 0 N–H and O–H groups in total. The standard InChI is InChI=1S/C35H45N3O5S/c1-26(2)36-18-10-19-38(34(40)25-43-31-13-7-6-8-14-31)35-28(4)11-9-12-30(35)24-37(21-20-36)33(39)17-22-44(41,42)32-16-15-27(3)29(5)23-32/h6-9,11-16,23,26H,10,17-22,24-25H2,1-5H3. The van der Waals surface area contributed by atoms with Crippen LogP contribution in [0.1, 0.15) is 48.9 Å². The minimum atomic E-state index is -3.63. The lowest BCUT2D eigenvalue weighted by molar-refractivity contribution is -0.131. The van der Waals surface area contributed by atoms with Gasteiger partial charge >= 0.3 is 0 Å². The number of amides is 2. The van der Waals surface area contributed by atoms with Crippen molar-refractivity contribution in [2.24, 2.45) is 0 Å². The van der Waals surface area contributed by atoms with Crippen LogP contribution < -0.4 is 9.64 Å². The van der Waals surface area contributed by atoms with E-state index in [1.165, 1.54) is 0 Å². The van der Waals surface area contributed by atoms with Crippen molar-refractivity contribution < 1.29 is 22.7 Å². The zero-order valence-electron chi connectivity index (χ0n) is 26.6. The van der Waals surface area contributed by atoms with Crippen LogP contribution in [0.15, 0.2) is 71.6 Å². The summed E-state index contributed by atoms with van der Waals surface area (Å²) < 4.78 is 32.2. The highest BCUT2D eigenvalue weighted by atomic mass is 32.2. The summed E-state index contributed by atoms with van der Waals surface area (Å²) in [7, 11) is -3.63. The third kappa shape index (κ3) is 8.48. The molecule has 236 valence electrons. The number of para-hydroxylation sites is 2. The smallest absolute Gasteiger partial charge is 0.264 e. The number of hydrogen-bond donors (Lipinski definition) is 0. The Morgan fingerprint density at radius 1 is 0.818 bits per heavy atom. The zero-order chi connectivity index (χ0) is 31.9. The fourth-order valence-corrected chi connectivity index (χ4v) is 6.86. The maximum Gasteiger partial charge on any atom is 0.264 e. The van der Waals surface area contributed by atoms with Gasteiger partial charge in [0.1, 0.15) is 5.75 Å². The van der Waals surface area contributed by atoms with Gasteiger partial charge in [0.25, 0.3) is 5.91 Å². The number of hydrogen-bond acceptors (Lipinski definition) is 6. The molecule has 3 aromatic rings. The predicted molar refractivity (Wildman–Crippen MR) is 175 cm³/mol. The molecule has 9 heteroatoms. The average Bonchev–Trinajstić information content (AvgIpc) is 3.03. The van der Waals surface area contributed by atoms with Gasteiger partial charge in [-0.1, -0.05) is 42.5 Å². The van der Waals surface area contributed by atoms with E-state index in [1.807, 2.05) is 69.3 Å². The van der Waals surface area contributed by atoms with Crippen LogP contribution in [-0.4, -0.2) is 74.6 Å². The predicted octanol–water partition coefficient (Wildman–Crippen LogP) is 5.33. The number of fused-ring (bicyclic) bond motifs is 1. The minimum absolute atomic E-state index is 0.106. The largest absolute Gasteiger partial charge is 0.484 e. The zero-order valence-corrected chi connectivity index (χ0v) is 27.4. The number of ether oxygens (including phenoxy) is 1. The lowest BCUT2D eigenvalue weighted by Crippen LogP contribution is -2.41. The SMILES string of the molecule is Cc1ccc(S(=O)(=O)CCC(=O)N2CCN(C(C)C)CCCN(C(=O)COc3ccccc3)c3c(C)cccc3C2)cc1C. The fourth-order valence-electron chi connectivity index (χ4n) is 5.55. The Morgan fingerprint density at radius 2 is 1.57 bits per heavy atom. The number of aryl methyl sites for hydroxylation is 3. The highest BCUT2D eigenvalue weighted by Crippen LogP contribution is 2.29. The molecule has 0 bridgehead atoms. The van der Waals surface area contributed by atoms with Crippen molar-refractivity contribution in [2.75, 3.05) is 43.4 Å². The Morgan fingerprint density at radius 3 is 2.27 bits per heavy atom. The molecule has 4 rings (SSSR count). The van der Waals surface area contributed by atoms with E-state index in [9.17, 15) is 18.0 Å². The van der Waals surface area contributed by atoms with E-state index >= 15 is 0 Å². The van der Waals surface area contributed by atoms with Gasteiger partial charge in [0.05, 0.1) is 16.3 Å². The average molecular weight is 620 g/mol. The van der Waals surface area contributed by atoms with E-state index in [2.05, 4.69) is 18.7 Å². The van der Waals surface area contributed by atoms with Crippen molar-refractivity contribution in [2.45, 2.75) is 64.9 Å². The van der Waals surface area contributed by atoms with Crippen LogP contribution in [0.4, 0.5) is 5.69 Å². The van der Waals surface area contributed by atoms with E-state index in [0.717, 1.165) is 40.9 Å². The molecule has 44 heavy (non-hydrogen) atoms. The van der Waals surface area contributed by atoms with Crippen molar-refractivity contribution >= 4 is 27.3 Å². The lowest BCUT2D eigenvalue weighted by Gasteiger charge is -2.30. The van der Waals surface area contributed by atoms with E-state index in [0.29, 0.717) is 25.4 Å². The van der Waals surface area contributed by atoms with Gasteiger partial charge in [-0.25, -0.2) is 8.42 Å². The normalized spacial score (nSPS) is 15.0. The van der Waals surface area contributed by atoms with Crippen molar-refractivity contribution in [3.8, 4) is 5.75 Å². The van der Waals surface area contributed by atoms with E-state index in [-0.39, 0.29) is 48.1 Å². The van der Waals surface area contributed by atoms with Gasteiger partial charge in [-0.05, 0) is 87.6 Å². The first-order valence-electron chi connectivity index (χ1n) is 15.3. The number of anilines is 1. The van der Waals surface area contributed by atoms with Crippen LogP contribution in [0.25, 0.3) is 0 Å². The Kier molecular flexibility index (Phi) is 11.2. The Balaban J connectivity index is 1.60. The molecular formula is C35H45N3O5S. The van der Waals surface area contributed by atoms with Gasteiger partial charge in [-0.15, -0.1) is 0 Å². The molecule has 0 unspecified atom stereocenters. The van der Waals surface area contributed by atoms with Gasteiger partial charge in [0.2, 0.25) is 5.91 Å². The van der Waals surface area contributed by atoms with Crippen LogP contribution >= 0.6 is 0 Å². The third-order valence-corrected chi connectivity index (χ3v) is 10.1. The lowest BCUT2D eigenvalue weighted by atomic mass is 10.0. The number of carbonyl (C=O) groups excluding carboxylic acids is 2. The summed E-state index contributed by atoms with van der Waals surface area (Å²) in [6.07, 6.45) is 0.636. The van der Waals surface area contributed by atoms with Gasteiger partial charge in [0, 0.05) is 45.2 Å². The van der Waals surface area contributed by atoms with Gasteiger partial charge in [-0.2, -0.15) is 0 Å². The first-order chi connectivity index (χ1) is 21.0. The molecule has 0 radical (unpaired) electrons. The third-order valence-electron chi connectivity index (χ3n) is 8.35. The summed E-state index contributed by atoms with van der Waals surface area (Å²) in [5.74, 6) is -0.0154. The molecule has 0 atom stereocenters. The molecule has 8 nitrogen and oxygen atoms in total. The Labute approximate surface area is 262 Å². The molecule has 0 fully saturated rings. The van der Waals surface area contributed by atoms with Gasteiger partial charge < -0.3 is 14.5 Å². The maximum absolute atomic E-state index is 13.7. The van der Waals surface area contributed by atoms with Gasteiger partial charge in [0.15, 0.2) is 16.4 Å². The second-order valence-corrected chi connectivity index (χ2v) is 14.0. The van der Waals surface area contributed by atoms with Crippen molar-refractivity contribution in [1.29, 1.82) is 0 Å². The molecule has 0 aromatic heterocycles. The summed E-state index contributed by atoms with van der Waals surface area (Å²) in [5, 5.41) is 0. The Bertz CT molecular complexity index is 1560. The first kappa shape index (κ1) is 33.2. The molecule has 1 heterocycles. The highest BCUT2D eigenvalue weighted by molar-refractivity contribution is 7.91. The second-order valence-electron chi connectivity index (χ2n) is 11.8. The van der Waals surface area contributed by atoms with Gasteiger partial charge in [-0.3, -0.25) is 14.5 Å². The van der Waals surface area contributed by atoms with Crippen molar-refractivity contribution in [3.05, 3.63) is 89.0 Å². The fraction of sp³-hybridized carbons (Fsp3) is 0.429. The highest BCUT2D eigenvalue weighted by Gasteiger charge is 2.27. The second kappa shape index (κ2) is 14.9.